The molecule has 0 radical (unpaired) electrons. The Labute approximate surface area is 130 Å². The van der Waals surface area contributed by atoms with Crippen LogP contribution < -0.4 is 0 Å². The number of hydrogen-bond acceptors (Lipinski definition) is 3. The average molecular weight is 328 g/mol. The van der Waals surface area contributed by atoms with Crippen molar-refractivity contribution in [2.75, 3.05) is 32.4 Å². The number of likely N-dealkylation sites (tertiary alicyclic amines) is 1. The van der Waals surface area contributed by atoms with Gasteiger partial charge in [-0.3, -0.25) is 4.79 Å². The summed E-state index contributed by atoms with van der Waals surface area (Å²) in [5.74, 6) is -0.543. The third kappa shape index (κ3) is 4.51. The van der Waals surface area contributed by atoms with Gasteiger partial charge in [0.1, 0.15) is 5.82 Å². The Balaban J connectivity index is 2.01. The molecule has 0 spiro atoms. The molecule has 1 aliphatic heterocycles. The SMILES string of the molecule is CS(=O)(=O)N(CCc1ccccc1F)CC(=O)N1CCCC1. The highest BCUT2D eigenvalue weighted by molar-refractivity contribution is 7.88. The van der Waals surface area contributed by atoms with E-state index in [1.165, 1.54) is 6.07 Å². The van der Waals surface area contributed by atoms with Crippen LogP contribution in [0.15, 0.2) is 24.3 Å². The number of rotatable bonds is 6. The molecule has 0 aliphatic carbocycles. The molecule has 1 saturated heterocycles. The highest BCUT2D eigenvalue weighted by Crippen LogP contribution is 2.12. The lowest BCUT2D eigenvalue weighted by molar-refractivity contribution is -0.130. The Hall–Kier alpha value is -1.47. The van der Waals surface area contributed by atoms with Crippen molar-refractivity contribution < 1.29 is 17.6 Å². The summed E-state index contributed by atoms with van der Waals surface area (Å²) in [5, 5.41) is 0. The van der Waals surface area contributed by atoms with Crippen LogP contribution in [-0.2, 0) is 21.2 Å². The Morgan fingerprint density at radius 1 is 1.27 bits per heavy atom. The zero-order valence-electron chi connectivity index (χ0n) is 12.7. The van der Waals surface area contributed by atoms with Crippen molar-refractivity contribution in [3.05, 3.63) is 35.6 Å². The number of amides is 1. The second-order valence-electron chi connectivity index (χ2n) is 5.53. The van der Waals surface area contributed by atoms with E-state index < -0.39 is 10.0 Å². The summed E-state index contributed by atoms with van der Waals surface area (Å²) in [7, 11) is -3.51. The van der Waals surface area contributed by atoms with Gasteiger partial charge in [-0.2, -0.15) is 4.31 Å². The predicted octanol–water partition coefficient (Wildman–Crippen LogP) is 1.25. The summed E-state index contributed by atoms with van der Waals surface area (Å²) in [6, 6.07) is 6.26. The van der Waals surface area contributed by atoms with Crippen molar-refractivity contribution in [3.8, 4) is 0 Å². The quantitative estimate of drug-likeness (QED) is 0.790. The van der Waals surface area contributed by atoms with Crippen molar-refractivity contribution in [2.45, 2.75) is 19.3 Å². The van der Waals surface area contributed by atoms with E-state index in [9.17, 15) is 17.6 Å². The lowest BCUT2D eigenvalue weighted by Crippen LogP contribution is -2.42. The van der Waals surface area contributed by atoms with Crippen molar-refractivity contribution in [3.63, 3.8) is 0 Å². The molecule has 1 aromatic carbocycles. The molecule has 0 bridgehead atoms. The minimum absolute atomic E-state index is 0.0966. The van der Waals surface area contributed by atoms with E-state index in [4.69, 9.17) is 0 Å². The zero-order valence-corrected chi connectivity index (χ0v) is 13.5. The van der Waals surface area contributed by atoms with E-state index in [2.05, 4.69) is 0 Å². The molecule has 1 amide bonds. The molecule has 122 valence electrons. The highest BCUT2D eigenvalue weighted by atomic mass is 32.2. The van der Waals surface area contributed by atoms with Crippen molar-refractivity contribution in [1.82, 2.24) is 9.21 Å². The van der Waals surface area contributed by atoms with Gasteiger partial charge in [0.2, 0.25) is 15.9 Å². The van der Waals surface area contributed by atoms with Crippen molar-refractivity contribution >= 4 is 15.9 Å². The zero-order chi connectivity index (χ0) is 16.2. The first-order valence-corrected chi connectivity index (χ1v) is 9.19. The normalized spacial score (nSPS) is 15.5. The fraction of sp³-hybridized carbons (Fsp3) is 0.533. The van der Waals surface area contributed by atoms with Crippen LogP contribution in [0.2, 0.25) is 0 Å². The molecular weight excluding hydrogens is 307 g/mol. The second-order valence-corrected chi connectivity index (χ2v) is 7.51. The van der Waals surface area contributed by atoms with Crippen molar-refractivity contribution in [1.29, 1.82) is 0 Å². The molecule has 1 heterocycles. The van der Waals surface area contributed by atoms with Crippen LogP contribution in [0.4, 0.5) is 4.39 Å². The third-order valence-electron chi connectivity index (χ3n) is 3.83. The van der Waals surface area contributed by atoms with Gasteiger partial charge in [0.05, 0.1) is 12.8 Å². The van der Waals surface area contributed by atoms with Gasteiger partial charge in [0.25, 0.3) is 0 Å². The standard InChI is InChI=1S/C15H21FN2O3S/c1-22(20,21)18(12-15(19)17-9-4-5-10-17)11-8-13-6-2-3-7-14(13)16/h2-3,6-7H,4-5,8-12H2,1H3. The lowest BCUT2D eigenvalue weighted by Gasteiger charge is -2.23. The summed E-state index contributed by atoms with van der Waals surface area (Å²) in [6.07, 6.45) is 3.23. The van der Waals surface area contributed by atoms with Crippen LogP contribution in [-0.4, -0.2) is 56.0 Å². The van der Waals surface area contributed by atoms with Crippen molar-refractivity contribution in [2.24, 2.45) is 0 Å². The molecule has 0 N–H and O–H groups in total. The molecule has 5 nitrogen and oxygen atoms in total. The monoisotopic (exact) mass is 328 g/mol. The summed E-state index contributed by atoms with van der Waals surface area (Å²) in [4.78, 5) is 13.8. The average Bonchev–Trinajstić information content (AvgIpc) is 2.97. The Morgan fingerprint density at radius 3 is 2.50 bits per heavy atom. The molecule has 1 fully saturated rings. The largest absolute Gasteiger partial charge is 0.342 e. The van der Waals surface area contributed by atoms with E-state index in [0.717, 1.165) is 23.4 Å². The first kappa shape index (κ1) is 16.9. The molecule has 0 atom stereocenters. The maximum absolute atomic E-state index is 13.6. The van der Waals surface area contributed by atoms with Gasteiger partial charge < -0.3 is 4.90 Å². The fourth-order valence-corrected chi connectivity index (χ4v) is 3.29. The second kappa shape index (κ2) is 7.19. The predicted molar refractivity (Wildman–Crippen MR) is 82.3 cm³/mol. The van der Waals surface area contributed by atoms with Crippen LogP contribution in [0, 0.1) is 5.82 Å². The highest BCUT2D eigenvalue weighted by Gasteiger charge is 2.25. The first-order chi connectivity index (χ1) is 10.4. The van der Waals surface area contributed by atoms with Gasteiger partial charge >= 0.3 is 0 Å². The molecule has 0 saturated carbocycles. The maximum Gasteiger partial charge on any atom is 0.237 e. The van der Waals surface area contributed by atoms with Gasteiger partial charge in [0, 0.05) is 19.6 Å². The van der Waals surface area contributed by atoms with Crippen LogP contribution in [0.25, 0.3) is 0 Å². The smallest absolute Gasteiger partial charge is 0.237 e. The number of benzene rings is 1. The lowest BCUT2D eigenvalue weighted by atomic mass is 10.1. The number of sulfonamides is 1. The van der Waals surface area contributed by atoms with Gasteiger partial charge in [-0.1, -0.05) is 18.2 Å². The summed E-state index contributed by atoms with van der Waals surface area (Å²) in [5.41, 5.74) is 0.449. The molecular formula is C15H21FN2O3S. The molecule has 7 heteroatoms. The maximum atomic E-state index is 13.6. The minimum Gasteiger partial charge on any atom is -0.342 e. The number of halogens is 1. The Morgan fingerprint density at radius 2 is 1.91 bits per heavy atom. The summed E-state index contributed by atoms with van der Waals surface area (Å²) >= 11 is 0. The Kier molecular flexibility index (Phi) is 5.52. The van der Waals surface area contributed by atoms with E-state index in [1.807, 2.05) is 0 Å². The topological polar surface area (TPSA) is 57.7 Å². The van der Waals surface area contributed by atoms with E-state index in [1.54, 1.807) is 23.1 Å². The molecule has 0 aromatic heterocycles. The van der Waals surface area contributed by atoms with Crippen LogP contribution in [0.5, 0.6) is 0 Å². The molecule has 1 aliphatic rings. The number of nitrogens with zero attached hydrogens (tertiary/aromatic N) is 2. The third-order valence-corrected chi connectivity index (χ3v) is 5.08. The fourth-order valence-electron chi connectivity index (χ4n) is 2.53. The first-order valence-electron chi connectivity index (χ1n) is 7.34. The van der Waals surface area contributed by atoms with E-state index in [0.29, 0.717) is 18.7 Å². The molecule has 22 heavy (non-hydrogen) atoms. The molecule has 2 rings (SSSR count). The van der Waals surface area contributed by atoms with Crippen LogP contribution >= 0.6 is 0 Å². The number of carbonyl (C=O) groups excluding carboxylic acids is 1. The molecule has 1 aromatic rings. The van der Waals surface area contributed by atoms with E-state index in [-0.39, 0.29) is 31.2 Å². The van der Waals surface area contributed by atoms with Gasteiger partial charge in [-0.25, -0.2) is 12.8 Å². The number of hydrogen-bond donors (Lipinski definition) is 0. The van der Waals surface area contributed by atoms with Gasteiger partial charge in [0.15, 0.2) is 0 Å². The van der Waals surface area contributed by atoms with Gasteiger partial charge in [-0.15, -0.1) is 0 Å². The van der Waals surface area contributed by atoms with Gasteiger partial charge in [-0.05, 0) is 30.9 Å². The summed E-state index contributed by atoms with van der Waals surface area (Å²) < 4.78 is 38.4. The van der Waals surface area contributed by atoms with Crippen LogP contribution in [0.1, 0.15) is 18.4 Å². The molecule has 0 unspecified atom stereocenters. The minimum atomic E-state index is -3.51. The summed E-state index contributed by atoms with van der Waals surface area (Å²) in [6.45, 7) is 1.29. The van der Waals surface area contributed by atoms with Crippen LogP contribution in [0.3, 0.4) is 0 Å². The van der Waals surface area contributed by atoms with E-state index >= 15 is 0 Å². The Bertz CT molecular complexity index is 627. The number of carbonyl (C=O) groups is 1.